The SMILES string of the molecule is CN(C)S(=O)(=O)c1cccc(NC(=O)CNC(=O)c2cccs2)c1. The summed E-state index contributed by atoms with van der Waals surface area (Å²) in [6.07, 6.45) is 0. The van der Waals surface area contributed by atoms with Crippen LogP contribution in [0.4, 0.5) is 5.69 Å². The summed E-state index contributed by atoms with van der Waals surface area (Å²) >= 11 is 1.28. The molecule has 1 aromatic heterocycles. The molecule has 1 aromatic carbocycles. The zero-order valence-corrected chi connectivity index (χ0v) is 14.8. The molecule has 0 fully saturated rings. The van der Waals surface area contributed by atoms with Crippen LogP contribution in [0.5, 0.6) is 0 Å². The molecule has 2 rings (SSSR count). The Hall–Kier alpha value is -2.23. The van der Waals surface area contributed by atoms with Crippen LogP contribution in [0, 0.1) is 0 Å². The number of anilines is 1. The highest BCUT2D eigenvalue weighted by atomic mass is 32.2. The molecule has 1 heterocycles. The van der Waals surface area contributed by atoms with Crippen LogP contribution >= 0.6 is 11.3 Å². The lowest BCUT2D eigenvalue weighted by molar-refractivity contribution is -0.115. The molecule has 0 saturated carbocycles. The number of sulfonamides is 1. The Balaban J connectivity index is 1.98. The zero-order chi connectivity index (χ0) is 17.7. The van der Waals surface area contributed by atoms with Crippen molar-refractivity contribution in [3.05, 3.63) is 46.7 Å². The largest absolute Gasteiger partial charge is 0.342 e. The van der Waals surface area contributed by atoms with Gasteiger partial charge in [-0.1, -0.05) is 12.1 Å². The van der Waals surface area contributed by atoms with E-state index < -0.39 is 15.9 Å². The lowest BCUT2D eigenvalue weighted by Crippen LogP contribution is -2.32. The van der Waals surface area contributed by atoms with Crippen molar-refractivity contribution in [1.82, 2.24) is 9.62 Å². The van der Waals surface area contributed by atoms with Crippen molar-refractivity contribution in [2.24, 2.45) is 0 Å². The first-order chi connectivity index (χ1) is 11.3. The predicted octanol–water partition coefficient (Wildman–Crippen LogP) is 1.37. The zero-order valence-electron chi connectivity index (χ0n) is 13.1. The van der Waals surface area contributed by atoms with Gasteiger partial charge in [0.2, 0.25) is 15.9 Å². The van der Waals surface area contributed by atoms with Crippen molar-refractivity contribution in [2.75, 3.05) is 26.0 Å². The smallest absolute Gasteiger partial charge is 0.261 e. The number of carbonyl (C=O) groups is 2. The topological polar surface area (TPSA) is 95.6 Å². The fraction of sp³-hybridized carbons (Fsp3) is 0.200. The van der Waals surface area contributed by atoms with Crippen LogP contribution in [-0.2, 0) is 14.8 Å². The van der Waals surface area contributed by atoms with E-state index in [1.807, 2.05) is 0 Å². The van der Waals surface area contributed by atoms with E-state index in [1.54, 1.807) is 23.6 Å². The van der Waals surface area contributed by atoms with Gasteiger partial charge in [0.05, 0.1) is 16.3 Å². The first-order valence-electron chi connectivity index (χ1n) is 6.95. The van der Waals surface area contributed by atoms with Crippen molar-refractivity contribution in [3.63, 3.8) is 0 Å². The highest BCUT2D eigenvalue weighted by Gasteiger charge is 2.17. The number of hydrogen-bond donors (Lipinski definition) is 2. The first-order valence-corrected chi connectivity index (χ1v) is 9.27. The van der Waals surface area contributed by atoms with E-state index in [-0.39, 0.29) is 17.3 Å². The molecule has 0 radical (unpaired) electrons. The van der Waals surface area contributed by atoms with Gasteiger partial charge in [-0.2, -0.15) is 0 Å². The molecule has 0 saturated heterocycles. The molecule has 0 aliphatic heterocycles. The average Bonchev–Trinajstić information content (AvgIpc) is 3.07. The summed E-state index contributed by atoms with van der Waals surface area (Å²) in [7, 11) is -0.714. The second-order valence-corrected chi connectivity index (χ2v) is 8.12. The van der Waals surface area contributed by atoms with Gasteiger partial charge < -0.3 is 10.6 Å². The fourth-order valence-electron chi connectivity index (χ4n) is 1.81. The number of benzene rings is 1. The van der Waals surface area contributed by atoms with Crippen LogP contribution < -0.4 is 10.6 Å². The Morgan fingerprint density at radius 1 is 1.17 bits per heavy atom. The van der Waals surface area contributed by atoms with Gasteiger partial charge in [0, 0.05) is 19.8 Å². The van der Waals surface area contributed by atoms with Crippen molar-refractivity contribution >= 4 is 38.9 Å². The minimum Gasteiger partial charge on any atom is -0.342 e. The standard InChI is InChI=1S/C15H17N3O4S2/c1-18(2)24(21,22)12-6-3-5-11(9-12)17-14(19)10-16-15(20)13-7-4-8-23-13/h3-9H,10H2,1-2H3,(H,16,20)(H,17,19). The van der Waals surface area contributed by atoms with Gasteiger partial charge in [0.1, 0.15) is 0 Å². The summed E-state index contributed by atoms with van der Waals surface area (Å²) in [5.41, 5.74) is 0.341. The molecule has 0 bridgehead atoms. The summed E-state index contributed by atoms with van der Waals surface area (Å²) in [6, 6.07) is 9.34. The number of thiophene rings is 1. The maximum absolute atomic E-state index is 12.1. The molecule has 9 heteroatoms. The number of carbonyl (C=O) groups excluding carboxylic acids is 2. The van der Waals surface area contributed by atoms with Crippen LogP contribution in [0.3, 0.4) is 0 Å². The van der Waals surface area contributed by atoms with E-state index in [0.717, 1.165) is 4.31 Å². The summed E-state index contributed by atoms with van der Waals surface area (Å²) < 4.78 is 25.2. The minimum absolute atomic E-state index is 0.0768. The number of nitrogens with zero attached hydrogens (tertiary/aromatic N) is 1. The number of nitrogens with one attached hydrogen (secondary N) is 2. The van der Waals surface area contributed by atoms with Gasteiger partial charge in [0.25, 0.3) is 5.91 Å². The van der Waals surface area contributed by atoms with E-state index in [4.69, 9.17) is 0 Å². The predicted molar refractivity (Wildman–Crippen MR) is 92.6 cm³/mol. The number of amides is 2. The monoisotopic (exact) mass is 367 g/mol. The van der Waals surface area contributed by atoms with Crippen LogP contribution in [-0.4, -0.2) is 45.2 Å². The minimum atomic E-state index is -3.58. The van der Waals surface area contributed by atoms with Crippen LogP contribution in [0.2, 0.25) is 0 Å². The van der Waals surface area contributed by atoms with E-state index in [2.05, 4.69) is 10.6 Å². The Morgan fingerprint density at radius 2 is 1.92 bits per heavy atom. The van der Waals surface area contributed by atoms with Crippen molar-refractivity contribution in [1.29, 1.82) is 0 Å². The molecule has 0 atom stereocenters. The average molecular weight is 367 g/mol. The molecule has 2 N–H and O–H groups in total. The molecule has 2 amide bonds. The summed E-state index contributed by atoms with van der Waals surface area (Å²) in [4.78, 5) is 24.2. The lowest BCUT2D eigenvalue weighted by Gasteiger charge is -2.12. The summed E-state index contributed by atoms with van der Waals surface area (Å²) in [5.74, 6) is -0.775. The van der Waals surface area contributed by atoms with E-state index in [0.29, 0.717) is 10.6 Å². The van der Waals surface area contributed by atoms with Gasteiger partial charge in [-0.3, -0.25) is 9.59 Å². The Labute approximate surface area is 144 Å². The van der Waals surface area contributed by atoms with Crippen molar-refractivity contribution in [2.45, 2.75) is 4.90 Å². The van der Waals surface area contributed by atoms with E-state index in [9.17, 15) is 18.0 Å². The second kappa shape index (κ2) is 7.56. The van der Waals surface area contributed by atoms with Crippen LogP contribution in [0.25, 0.3) is 0 Å². The Morgan fingerprint density at radius 3 is 2.54 bits per heavy atom. The third kappa shape index (κ3) is 4.40. The molecule has 128 valence electrons. The van der Waals surface area contributed by atoms with Crippen molar-refractivity contribution < 1.29 is 18.0 Å². The molecule has 0 aliphatic rings. The lowest BCUT2D eigenvalue weighted by atomic mass is 10.3. The van der Waals surface area contributed by atoms with Crippen LogP contribution in [0.15, 0.2) is 46.7 Å². The van der Waals surface area contributed by atoms with Crippen molar-refractivity contribution in [3.8, 4) is 0 Å². The Bertz CT molecular complexity index is 830. The highest BCUT2D eigenvalue weighted by molar-refractivity contribution is 7.89. The van der Waals surface area contributed by atoms with Gasteiger partial charge >= 0.3 is 0 Å². The van der Waals surface area contributed by atoms with E-state index in [1.165, 1.54) is 43.6 Å². The summed E-state index contributed by atoms with van der Waals surface area (Å²) in [6.45, 7) is -0.207. The fourth-order valence-corrected chi connectivity index (χ4v) is 3.39. The third-order valence-corrected chi connectivity index (χ3v) is 5.73. The van der Waals surface area contributed by atoms with Gasteiger partial charge in [-0.15, -0.1) is 11.3 Å². The molecule has 24 heavy (non-hydrogen) atoms. The number of hydrogen-bond acceptors (Lipinski definition) is 5. The quantitative estimate of drug-likeness (QED) is 0.806. The molecule has 0 unspecified atom stereocenters. The van der Waals surface area contributed by atoms with Gasteiger partial charge in [-0.05, 0) is 29.6 Å². The highest BCUT2D eigenvalue weighted by Crippen LogP contribution is 2.17. The molecule has 2 aromatic rings. The second-order valence-electron chi connectivity index (χ2n) is 5.02. The maximum atomic E-state index is 12.1. The molecular weight excluding hydrogens is 350 g/mol. The molecule has 0 aliphatic carbocycles. The third-order valence-electron chi connectivity index (χ3n) is 3.05. The molecule has 0 spiro atoms. The molecular formula is C15H17N3O4S2. The maximum Gasteiger partial charge on any atom is 0.261 e. The van der Waals surface area contributed by atoms with Gasteiger partial charge in [-0.25, -0.2) is 12.7 Å². The molecule has 7 nitrogen and oxygen atoms in total. The number of rotatable bonds is 6. The van der Waals surface area contributed by atoms with Crippen LogP contribution in [0.1, 0.15) is 9.67 Å². The normalized spacial score (nSPS) is 11.3. The van der Waals surface area contributed by atoms with Gasteiger partial charge in [0.15, 0.2) is 0 Å². The Kier molecular flexibility index (Phi) is 5.71. The summed E-state index contributed by atoms with van der Waals surface area (Å²) in [5, 5.41) is 6.83. The first kappa shape index (κ1) is 18.1. The van der Waals surface area contributed by atoms with E-state index >= 15 is 0 Å².